The van der Waals surface area contributed by atoms with Gasteiger partial charge >= 0.3 is 5.97 Å². The van der Waals surface area contributed by atoms with Crippen LogP contribution < -0.4 is 5.73 Å². The third-order valence-corrected chi connectivity index (χ3v) is 1.40. The Labute approximate surface area is 64.7 Å². The molecule has 11 heavy (non-hydrogen) atoms. The lowest BCUT2D eigenvalue weighted by molar-refractivity contribution is -0.149. The fraction of sp³-hybridized carbons (Fsp3) is 0.833. The first-order valence-electron chi connectivity index (χ1n) is 3.41. The number of hydrogen-bond acceptors (Lipinski definition) is 3. The molecule has 4 nitrogen and oxygen atoms in total. The van der Waals surface area contributed by atoms with Gasteiger partial charge in [0.15, 0.2) is 0 Å². The highest BCUT2D eigenvalue weighted by molar-refractivity contribution is 5.73. The second kappa shape index (κ2) is 5.03. The Morgan fingerprint density at radius 1 is 1.82 bits per heavy atom. The largest absolute Gasteiger partial charge is 0.480 e. The Kier molecular flexibility index (Phi) is 4.72. The maximum absolute atomic E-state index is 12.4. The van der Waals surface area contributed by atoms with Crippen LogP contribution in [0.15, 0.2) is 0 Å². The first-order chi connectivity index (χ1) is 5.09. The number of aliphatic carboxylic acids is 1. The third-order valence-electron chi connectivity index (χ3n) is 1.40. The number of likely N-dealkylation sites (N-methyl/N-ethyl adjacent to an activating group) is 1. The van der Waals surface area contributed by atoms with Gasteiger partial charge in [0, 0.05) is 7.05 Å². The summed E-state index contributed by atoms with van der Waals surface area (Å²) in [6, 6.07) is -1.06. The molecule has 0 aliphatic heterocycles. The molecule has 0 amide bonds. The van der Waals surface area contributed by atoms with E-state index in [0.717, 1.165) is 7.05 Å². The van der Waals surface area contributed by atoms with Crippen molar-refractivity contribution in [3.63, 3.8) is 0 Å². The van der Waals surface area contributed by atoms with Gasteiger partial charge < -0.3 is 10.8 Å². The van der Waals surface area contributed by atoms with Crippen molar-refractivity contribution < 1.29 is 14.4 Å². The molecule has 1 atom stereocenters. The van der Waals surface area contributed by atoms with Crippen molar-refractivity contribution in [1.29, 1.82) is 0 Å². The van der Waals surface area contributed by atoms with Crippen LogP contribution in [0.2, 0.25) is 0 Å². The predicted octanol–water partition coefficient (Wildman–Crippen LogP) is -0.00520. The normalized spacial score (nSPS) is 13.5. The molecule has 0 aromatic rings. The molecule has 3 N–H and O–H groups in total. The summed E-state index contributed by atoms with van der Waals surface area (Å²) in [6.45, 7) is 0.387. The fourth-order valence-electron chi connectivity index (χ4n) is 0.765. The van der Waals surface area contributed by atoms with E-state index in [-0.39, 0.29) is 11.5 Å². The van der Waals surface area contributed by atoms with Gasteiger partial charge in [0.25, 0.3) is 0 Å². The van der Waals surface area contributed by atoms with Crippen molar-refractivity contribution in [2.45, 2.75) is 18.9 Å². The van der Waals surface area contributed by atoms with E-state index in [1.54, 1.807) is 0 Å². The number of rotatable bonds is 5. The van der Waals surface area contributed by atoms with E-state index >= 15 is 0 Å². The van der Waals surface area contributed by atoms with Crippen LogP contribution in [0.25, 0.3) is 0 Å². The van der Waals surface area contributed by atoms with Crippen molar-refractivity contribution in [1.82, 2.24) is 5.12 Å². The van der Waals surface area contributed by atoms with Gasteiger partial charge in [-0.05, 0) is 19.4 Å². The second-order valence-electron chi connectivity index (χ2n) is 2.31. The first kappa shape index (κ1) is 10.3. The van der Waals surface area contributed by atoms with Crippen molar-refractivity contribution in [2.24, 2.45) is 5.73 Å². The number of nitrogens with two attached hydrogens (primary N) is 1. The molecule has 0 rings (SSSR count). The van der Waals surface area contributed by atoms with Crippen LogP contribution in [0.4, 0.5) is 4.48 Å². The molecule has 0 fully saturated rings. The minimum Gasteiger partial charge on any atom is -0.480 e. The highest BCUT2D eigenvalue weighted by Gasteiger charge is 2.21. The van der Waals surface area contributed by atoms with Gasteiger partial charge in [-0.3, -0.25) is 4.79 Å². The third kappa shape index (κ3) is 3.90. The molecular formula is C6H13FN2O2. The Bertz CT molecular complexity index is 130. The first-order valence-corrected chi connectivity index (χ1v) is 3.41. The highest BCUT2D eigenvalue weighted by Crippen LogP contribution is 2.04. The quantitative estimate of drug-likeness (QED) is 0.561. The number of hydrogen-bond donors (Lipinski definition) is 2. The monoisotopic (exact) mass is 164 g/mol. The van der Waals surface area contributed by atoms with E-state index in [4.69, 9.17) is 10.8 Å². The zero-order chi connectivity index (χ0) is 8.85. The van der Waals surface area contributed by atoms with E-state index in [0.29, 0.717) is 13.0 Å². The average Bonchev–Trinajstić information content (AvgIpc) is 1.87. The van der Waals surface area contributed by atoms with Crippen LogP contribution in [0, 0.1) is 0 Å². The smallest absolute Gasteiger partial charge is 0.323 e. The second-order valence-corrected chi connectivity index (χ2v) is 2.31. The molecule has 0 bridgehead atoms. The zero-order valence-electron chi connectivity index (χ0n) is 6.46. The number of carboxylic acids is 1. The average molecular weight is 164 g/mol. The fourth-order valence-corrected chi connectivity index (χ4v) is 0.765. The summed E-state index contributed by atoms with van der Waals surface area (Å²) in [7, 11) is 1.09. The molecule has 0 spiro atoms. The Morgan fingerprint density at radius 3 is 2.64 bits per heavy atom. The molecule has 1 unspecified atom stereocenters. The molecule has 0 saturated carbocycles. The van der Waals surface area contributed by atoms with Crippen LogP contribution in [0.1, 0.15) is 12.8 Å². The summed E-state index contributed by atoms with van der Waals surface area (Å²) >= 11 is 0. The van der Waals surface area contributed by atoms with Gasteiger partial charge in [0.05, 0.1) is 0 Å². The van der Waals surface area contributed by atoms with Gasteiger partial charge in [-0.15, -0.1) is 9.60 Å². The summed E-state index contributed by atoms with van der Waals surface area (Å²) in [6.07, 6.45) is 0.768. The van der Waals surface area contributed by atoms with E-state index in [1.807, 2.05) is 0 Å². The van der Waals surface area contributed by atoms with E-state index < -0.39 is 12.0 Å². The highest BCUT2D eigenvalue weighted by atomic mass is 19.2. The predicted molar refractivity (Wildman–Crippen MR) is 38.6 cm³/mol. The molecule has 0 radical (unpaired) electrons. The van der Waals surface area contributed by atoms with Crippen LogP contribution in [0.3, 0.4) is 0 Å². The number of nitrogens with zero attached hydrogens (tertiary/aromatic N) is 1. The topological polar surface area (TPSA) is 66.6 Å². The molecule has 5 heteroatoms. The van der Waals surface area contributed by atoms with Crippen molar-refractivity contribution in [2.75, 3.05) is 13.6 Å². The van der Waals surface area contributed by atoms with Crippen LogP contribution in [-0.2, 0) is 4.79 Å². The summed E-state index contributed by atoms with van der Waals surface area (Å²) in [5.74, 6) is -1.15. The van der Waals surface area contributed by atoms with Gasteiger partial charge in [-0.1, -0.05) is 0 Å². The molecule has 0 heterocycles. The lowest BCUT2D eigenvalue weighted by Gasteiger charge is -2.14. The molecule has 0 aliphatic rings. The van der Waals surface area contributed by atoms with E-state index in [9.17, 15) is 9.28 Å². The Hall–Kier alpha value is -0.680. The van der Waals surface area contributed by atoms with Crippen LogP contribution in [0.5, 0.6) is 0 Å². The van der Waals surface area contributed by atoms with Crippen LogP contribution in [-0.4, -0.2) is 35.8 Å². The van der Waals surface area contributed by atoms with Gasteiger partial charge in [0.1, 0.15) is 6.04 Å². The van der Waals surface area contributed by atoms with E-state index in [2.05, 4.69) is 0 Å². The zero-order valence-corrected chi connectivity index (χ0v) is 6.46. The minimum absolute atomic E-state index is 0.192. The molecule has 0 saturated heterocycles. The van der Waals surface area contributed by atoms with E-state index in [1.165, 1.54) is 0 Å². The summed E-state index contributed by atoms with van der Waals surface area (Å²) in [4.78, 5) is 10.3. The number of carboxylic acid groups (broad SMARTS) is 1. The summed E-state index contributed by atoms with van der Waals surface area (Å²) in [5, 5.41) is 8.64. The maximum atomic E-state index is 12.4. The van der Waals surface area contributed by atoms with Gasteiger partial charge in [-0.2, -0.15) is 0 Å². The Morgan fingerprint density at radius 2 is 2.36 bits per heavy atom. The van der Waals surface area contributed by atoms with Crippen molar-refractivity contribution in [3.05, 3.63) is 0 Å². The lowest BCUT2D eigenvalue weighted by atomic mass is 10.1. The molecule has 0 aromatic carbocycles. The standard InChI is InChI=1S/C6H13FN2O2/c1-9(7)5(6(10)11)3-2-4-8/h5H,2-4,8H2,1H3,(H,10,11). The molecule has 0 aromatic heterocycles. The summed E-state index contributed by atoms with van der Waals surface area (Å²) in [5.41, 5.74) is 5.14. The molecule has 0 aliphatic carbocycles. The SMILES string of the molecule is CN(F)C(CCCN)C(=O)O. The van der Waals surface area contributed by atoms with Gasteiger partial charge in [-0.25, -0.2) is 0 Å². The van der Waals surface area contributed by atoms with Crippen LogP contribution >= 0.6 is 0 Å². The maximum Gasteiger partial charge on any atom is 0.323 e. The number of halogens is 1. The molecule has 66 valence electrons. The summed E-state index contributed by atoms with van der Waals surface area (Å²) < 4.78 is 12.4. The number of carbonyl (C=O) groups is 1. The molecular weight excluding hydrogens is 151 g/mol. The lowest BCUT2D eigenvalue weighted by Crippen LogP contribution is -2.33. The van der Waals surface area contributed by atoms with Crippen molar-refractivity contribution in [3.8, 4) is 0 Å². The Balaban J connectivity index is 3.80. The minimum atomic E-state index is -1.15. The van der Waals surface area contributed by atoms with Crippen molar-refractivity contribution >= 4 is 5.97 Å². The van der Waals surface area contributed by atoms with Gasteiger partial charge in [0.2, 0.25) is 0 Å².